The predicted octanol–water partition coefficient (Wildman–Crippen LogP) is 3.45. The first-order chi connectivity index (χ1) is 6.11. The van der Waals surface area contributed by atoms with Crippen molar-refractivity contribution >= 4 is 0 Å². The fraction of sp³-hybridized carbons (Fsp3) is 1.00. The maximum absolute atomic E-state index is 3.44. The molecular formula is C12H27N. The van der Waals surface area contributed by atoms with Crippen molar-refractivity contribution < 1.29 is 0 Å². The van der Waals surface area contributed by atoms with E-state index in [0.29, 0.717) is 0 Å². The van der Waals surface area contributed by atoms with E-state index >= 15 is 0 Å². The Balaban J connectivity index is 3.77. The van der Waals surface area contributed by atoms with Crippen LogP contribution < -0.4 is 5.32 Å². The Morgan fingerprint density at radius 3 is 2.15 bits per heavy atom. The SMILES string of the molecule is CCCCC(NC)C(C)CC(C)C. The molecule has 0 aliphatic rings. The number of rotatable bonds is 7. The highest BCUT2D eigenvalue weighted by Crippen LogP contribution is 2.18. The van der Waals surface area contributed by atoms with Crippen LogP contribution in [0.25, 0.3) is 0 Å². The van der Waals surface area contributed by atoms with Gasteiger partial charge in [0.2, 0.25) is 0 Å². The number of hydrogen-bond donors (Lipinski definition) is 1. The van der Waals surface area contributed by atoms with Gasteiger partial charge in [-0.1, -0.05) is 40.5 Å². The van der Waals surface area contributed by atoms with Gasteiger partial charge in [0.15, 0.2) is 0 Å². The third-order valence-corrected chi connectivity index (χ3v) is 2.77. The Morgan fingerprint density at radius 2 is 1.77 bits per heavy atom. The maximum Gasteiger partial charge on any atom is 0.00897 e. The normalized spacial score (nSPS) is 16.2. The summed E-state index contributed by atoms with van der Waals surface area (Å²) in [6, 6.07) is 0.724. The molecule has 1 nitrogen and oxygen atoms in total. The predicted molar refractivity (Wildman–Crippen MR) is 61.0 cm³/mol. The van der Waals surface area contributed by atoms with Crippen LogP contribution in [-0.4, -0.2) is 13.1 Å². The molecule has 0 saturated heterocycles. The molecule has 0 aliphatic heterocycles. The van der Waals surface area contributed by atoms with E-state index in [1.165, 1.54) is 25.7 Å². The molecule has 0 saturated carbocycles. The van der Waals surface area contributed by atoms with Crippen molar-refractivity contribution in [3.63, 3.8) is 0 Å². The standard InChI is InChI=1S/C12H27N/c1-6-7-8-12(13-5)11(4)9-10(2)3/h10-13H,6-9H2,1-5H3. The summed E-state index contributed by atoms with van der Waals surface area (Å²) in [7, 11) is 2.09. The second kappa shape index (κ2) is 7.37. The molecule has 0 heterocycles. The Morgan fingerprint density at radius 1 is 1.15 bits per heavy atom. The Bertz CT molecular complexity index is 110. The van der Waals surface area contributed by atoms with Crippen LogP contribution in [0.4, 0.5) is 0 Å². The Hall–Kier alpha value is -0.0400. The van der Waals surface area contributed by atoms with Gasteiger partial charge < -0.3 is 5.32 Å². The van der Waals surface area contributed by atoms with Crippen LogP contribution >= 0.6 is 0 Å². The fourth-order valence-electron chi connectivity index (χ4n) is 2.05. The zero-order chi connectivity index (χ0) is 10.3. The largest absolute Gasteiger partial charge is 0.317 e. The minimum absolute atomic E-state index is 0.724. The van der Waals surface area contributed by atoms with Crippen molar-refractivity contribution in [2.24, 2.45) is 11.8 Å². The summed E-state index contributed by atoms with van der Waals surface area (Å²) in [4.78, 5) is 0. The highest BCUT2D eigenvalue weighted by Gasteiger charge is 2.15. The molecule has 1 N–H and O–H groups in total. The molecular weight excluding hydrogens is 158 g/mol. The maximum atomic E-state index is 3.44. The van der Waals surface area contributed by atoms with Gasteiger partial charge >= 0.3 is 0 Å². The van der Waals surface area contributed by atoms with E-state index in [4.69, 9.17) is 0 Å². The van der Waals surface area contributed by atoms with Gasteiger partial charge in [0, 0.05) is 6.04 Å². The van der Waals surface area contributed by atoms with Gasteiger partial charge in [0.05, 0.1) is 0 Å². The van der Waals surface area contributed by atoms with E-state index < -0.39 is 0 Å². The zero-order valence-electron chi connectivity index (χ0n) is 10.1. The molecule has 0 aliphatic carbocycles. The second-order valence-electron chi connectivity index (χ2n) is 4.64. The molecule has 0 aromatic carbocycles. The lowest BCUT2D eigenvalue weighted by Gasteiger charge is -2.24. The molecule has 0 radical (unpaired) electrons. The van der Waals surface area contributed by atoms with E-state index in [1.54, 1.807) is 0 Å². The van der Waals surface area contributed by atoms with Crippen LogP contribution in [0.3, 0.4) is 0 Å². The van der Waals surface area contributed by atoms with E-state index in [0.717, 1.165) is 17.9 Å². The van der Waals surface area contributed by atoms with Crippen molar-refractivity contribution in [3.05, 3.63) is 0 Å². The monoisotopic (exact) mass is 185 g/mol. The summed E-state index contributed by atoms with van der Waals surface area (Å²) in [5, 5.41) is 3.44. The first-order valence-corrected chi connectivity index (χ1v) is 5.79. The summed E-state index contributed by atoms with van der Waals surface area (Å²) in [5.74, 6) is 1.64. The second-order valence-corrected chi connectivity index (χ2v) is 4.64. The van der Waals surface area contributed by atoms with Crippen molar-refractivity contribution in [1.29, 1.82) is 0 Å². The molecule has 0 rings (SSSR count). The third kappa shape index (κ3) is 6.09. The molecule has 0 amide bonds. The highest BCUT2D eigenvalue weighted by atomic mass is 14.9. The van der Waals surface area contributed by atoms with Gasteiger partial charge in [-0.05, 0) is 31.7 Å². The summed E-state index contributed by atoms with van der Waals surface area (Å²) in [5.41, 5.74) is 0. The van der Waals surface area contributed by atoms with Gasteiger partial charge in [0.25, 0.3) is 0 Å². The lowest BCUT2D eigenvalue weighted by atomic mass is 9.89. The van der Waals surface area contributed by atoms with Crippen molar-refractivity contribution in [2.75, 3.05) is 7.05 Å². The van der Waals surface area contributed by atoms with Crippen LogP contribution in [-0.2, 0) is 0 Å². The number of nitrogens with one attached hydrogen (secondary N) is 1. The van der Waals surface area contributed by atoms with Crippen molar-refractivity contribution in [1.82, 2.24) is 5.32 Å². The first kappa shape index (κ1) is 13.0. The van der Waals surface area contributed by atoms with Crippen LogP contribution in [0.5, 0.6) is 0 Å². The number of hydrogen-bond acceptors (Lipinski definition) is 1. The van der Waals surface area contributed by atoms with Crippen LogP contribution in [0.2, 0.25) is 0 Å². The fourth-order valence-corrected chi connectivity index (χ4v) is 2.05. The lowest BCUT2D eigenvalue weighted by Crippen LogP contribution is -2.32. The highest BCUT2D eigenvalue weighted by molar-refractivity contribution is 4.72. The zero-order valence-corrected chi connectivity index (χ0v) is 10.1. The summed E-state index contributed by atoms with van der Waals surface area (Å²) < 4.78 is 0. The third-order valence-electron chi connectivity index (χ3n) is 2.77. The first-order valence-electron chi connectivity index (χ1n) is 5.79. The summed E-state index contributed by atoms with van der Waals surface area (Å²) in [6.07, 6.45) is 5.34. The summed E-state index contributed by atoms with van der Waals surface area (Å²) in [6.45, 7) is 9.25. The number of unbranched alkanes of at least 4 members (excludes halogenated alkanes) is 1. The molecule has 1 heteroatoms. The molecule has 0 bridgehead atoms. The molecule has 0 spiro atoms. The smallest absolute Gasteiger partial charge is 0.00897 e. The molecule has 0 aromatic rings. The molecule has 2 unspecified atom stereocenters. The minimum atomic E-state index is 0.724. The Kier molecular flexibility index (Phi) is 7.35. The minimum Gasteiger partial charge on any atom is -0.317 e. The van der Waals surface area contributed by atoms with Gasteiger partial charge in [0.1, 0.15) is 0 Å². The van der Waals surface area contributed by atoms with E-state index in [-0.39, 0.29) is 0 Å². The molecule has 80 valence electrons. The molecule has 13 heavy (non-hydrogen) atoms. The molecule has 2 atom stereocenters. The van der Waals surface area contributed by atoms with Crippen LogP contribution in [0, 0.1) is 11.8 Å². The molecule has 0 fully saturated rings. The van der Waals surface area contributed by atoms with Crippen molar-refractivity contribution in [3.8, 4) is 0 Å². The van der Waals surface area contributed by atoms with E-state index in [2.05, 4.69) is 40.1 Å². The average Bonchev–Trinajstić information content (AvgIpc) is 2.04. The Labute approximate surface area is 84.3 Å². The van der Waals surface area contributed by atoms with E-state index in [1.807, 2.05) is 0 Å². The van der Waals surface area contributed by atoms with Crippen molar-refractivity contribution in [2.45, 2.75) is 59.4 Å². The van der Waals surface area contributed by atoms with Crippen LogP contribution in [0.1, 0.15) is 53.4 Å². The van der Waals surface area contributed by atoms with Crippen LogP contribution in [0.15, 0.2) is 0 Å². The van der Waals surface area contributed by atoms with Gasteiger partial charge in [-0.15, -0.1) is 0 Å². The lowest BCUT2D eigenvalue weighted by molar-refractivity contribution is 0.317. The van der Waals surface area contributed by atoms with Gasteiger partial charge in [-0.3, -0.25) is 0 Å². The van der Waals surface area contributed by atoms with E-state index in [9.17, 15) is 0 Å². The topological polar surface area (TPSA) is 12.0 Å². The quantitative estimate of drug-likeness (QED) is 0.640. The van der Waals surface area contributed by atoms with Gasteiger partial charge in [-0.2, -0.15) is 0 Å². The average molecular weight is 185 g/mol. The summed E-state index contributed by atoms with van der Waals surface area (Å²) >= 11 is 0. The van der Waals surface area contributed by atoms with Gasteiger partial charge in [-0.25, -0.2) is 0 Å². The molecule has 0 aromatic heterocycles.